The molecule has 4 unspecified atom stereocenters. The van der Waals surface area contributed by atoms with E-state index >= 15 is 0 Å². The van der Waals surface area contributed by atoms with Crippen LogP contribution in [0.15, 0.2) is 48.5 Å². The molecule has 0 fully saturated rings. The topological polar surface area (TPSA) is 530 Å². The van der Waals surface area contributed by atoms with E-state index in [0.717, 1.165) is 11.1 Å². The van der Waals surface area contributed by atoms with Crippen LogP contribution in [0, 0.1) is 40.5 Å². The molecule has 4 atom stereocenters. The van der Waals surface area contributed by atoms with E-state index in [1.165, 1.54) is 59.2 Å². The fourth-order valence-electron chi connectivity index (χ4n) is 5.93. The SMILES string of the molecule is CSCCC(NC(=O)OCCOCCO[N+](=O)[O-])C(=O)O.CSCCC(NC(=O)OCCOCCO[N+](=O)[O-])C(=O)O.CSCCC(NC(=O)Oc1ccc(CCCO[N+](=O)[O-])cc1)C(=O)O.CSCCC(NC(=O)Oc1ccc(CCO[N+](=O)[O-])cc1)C(=O)O. The number of carbonyl (C=O) groups excluding carboxylic acids is 4. The molecule has 91 heavy (non-hydrogen) atoms. The molecule has 42 heteroatoms. The van der Waals surface area contributed by atoms with Crippen molar-refractivity contribution in [1.82, 2.24) is 21.3 Å². The first-order valence-corrected chi connectivity index (χ1v) is 32.0. The van der Waals surface area contributed by atoms with Crippen LogP contribution in [0.2, 0.25) is 0 Å². The lowest BCUT2D eigenvalue weighted by molar-refractivity contribution is -0.758. The standard InChI is InChI=1S/C15H20N2O7S.C14H18N2O7S.2C10H18N2O8S/c1-25-10-8-13(14(18)19)16-15(20)24-12-6-4-11(5-7-12)3-2-9-23-17(21)22;1-24-9-7-12(13(17)18)15-14(19)23-11-4-2-10(3-5-11)6-8-22-16(20)21;2*1-21-7-2-8(9(13)14)11-10(15)19-5-3-18-4-6-20-12(16)17/h4-7,13H,2-3,8-10H2,1H3,(H,16,20)(H,18,19);2-5,12H,6-9H2,1H3,(H,15,19)(H,17,18);2*8H,2-7H2,1H3,(H,11,15)(H,13,14). The Morgan fingerprint density at radius 1 is 0.396 bits per heavy atom. The van der Waals surface area contributed by atoms with Crippen LogP contribution in [0.4, 0.5) is 19.2 Å². The lowest BCUT2D eigenvalue weighted by atomic mass is 10.1. The summed E-state index contributed by atoms with van der Waals surface area (Å²) in [6.07, 6.45) is 6.54. The van der Waals surface area contributed by atoms with Crippen molar-refractivity contribution in [3.8, 4) is 11.5 Å². The fraction of sp³-hybridized carbons (Fsp3) is 0.592. The van der Waals surface area contributed by atoms with Gasteiger partial charge in [-0.25, -0.2) is 38.4 Å². The molecule has 4 amide bonds. The maximum atomic E-state index is 11.8. The molecule has 38 nitrogen and oxygen atoms in total. The van der Waals surface area contributed by atoms with Gasteiger partial charge in [-0.15, -0.1) is 40.5 Å². The van der Waals surface area contributed by atoms with Crippen molar-refractivity contribution in [3.63, 3.8) is 0 Å². The van der Waals surface area contributed by atoms with Gasteiger partial charge in [-0.2, -0.15) is 47.0 Å². The summed E-state index contributed by atoms with van der Waals surface area (Å²) in [6.45, 7) is -0.658. The van der Waals surface area contributed by atoms with Gasteiger partial charge in [-0.05, 0) is 128 Å². The molecule has 0 spiro atoms. The number of hydrogen-bond donors (Lipinski definition) is 8. The monoisotopic (exact) mass is 1380 g/mol. The van der Waals surface area contributed by atoms with Crippen LogP contribution in [0.3, 0.4) is 0 Å². The van der Waals surface area contributed by atoms with Crippen molar-refractivity contribution < 1.29 is 127 Å². The van der Waals surface area contributed by atoms with Crippen molar-refractivity contribution in [2.24, 2.45) is 0 Å². The molecular weight excluding hydrogens is 1310 g/mol. The number of carbonyl (C=O) groups is 8. The normalized spacial score (nSPS) is 11.4. The largest absolute Gasteiger partial charge is 0.480 e. The van der Waals surface area contributed by atoms with Crippen molar-refractivity contribution in [2.45, 2.75) is 69.1 Å². The second kappa shape index (κ2) is 54.5. The third-order valence-corrected chi connectivity index (χ3v) is 12.8. The molecule has 2 aromatic carbocycles. The molecule has 2 rings (SSSR count). The molecule has 0 heterocycles. The van der Waals surface area contributed by atoms with Gasteiger partial charge in [-0.3, -0.25) is 0 Å². The van der Waals surface area contributed by atoms with Gasteiger partial charge in [0.1, 0.15) is 68.7 Å². The number of nitrogens with one attached hydrogen (secondary N) is 4. The summed E-state index contributed by atoms with van der Waals surface area (Å²) >= 11 is 5.91. The van der Waals surface area contributed by atoms with Crippen LogP contribution in [0.25, 0.3) is 0 Å². The second-order valence-electron chi connectivity index (χ2n) is 16.9. The van der Waals surface area contributed by atoms with Gasteiger partial charge in [0.25, 0.3) is 20.3 Å². The van der Waals surface area contributed by atoms with Crippen LogP contribution in [0.5, 0.6) is 11.5 Å². The fourth-order valence-corrected chi connectivity index (χ4v) is 7.82. The summed E-state index contributed by atoms with van der Waals surface area (Å²) in [5, 5.41) is 81.0. The highest BCUT2D eigenvalue weighted by atomic mass is 32.2. The number of thioether (sulfide) groups is 4. The number of alkyl carbamates (subject to hydrolysis) is 2. The summed E-state index contributed by atoms with van der Waals surface area (Å²) in [4.78, 5) is 146. The third kappa shape index (κ3) is 51.0. The maximum Gasteiger partial charge on any atom is 0.413 e. The van der Waals surface area contributed by atoms with E-state index in [1.807, 2.05) is 25.0 Å². The zero-order valence-corrected chi connectivity index (χ0v) is 52.9. The van der Waals surface area contributed by atoms with Gasteiger partial charge in [-0.1, -0.05) is 24.3 Å². The molecule has 2 aromatic rings. The molecule has 0 saturated carbocycles. The van der Waals surface area contributed by atoms with Crippen molar-refractivity contribution >= 4 is 95.3 Å². The Morgan fingerprint density at radius 3 is 0.967 bits per heavy atom. The quantitative estimate of drug-likeness (QED) is 0.0262. The smallest absolute Gasteiger partial charge is 0.413 e. The number of ether oxygens (including phenoxy) is 6. The Bertz CT molecular complexity index is 2420. The molecule has 0 aromatic heterocycles. The number of rotatable bonds is 45. The molecule has 514 valence electrons. The molecule has 0 aliphatic heterocycles. The van der Waals surface area contributed by atoms with Gasteiger partial charge >= 0.3 is 48.3 Å². The Hall–Kier alpha value is -8.48. The zero-order chi connectivity index (χ0) is 68.8. The van der Waals surface area contributed by atoms with E-state index in [9.17, 15) is 78.8 Å². The first-order valence-electron chi connectivity index (χ1n) is 26.4. The molecule has 0 aliphatic rings. The van der Waals surface area contributed by atoms with Gasteiger partial charge in [0.2, 0.25) is 0 Å². The number of carboxylic acid groups (broad SMARTS) is 4. The summed E-state index contributed by atoms with van der Waals surface area (Å²) in [5.74, 6) is -1.60. The Balaban J connectivity index is 0. The summed E-state index contributed by atoms with van der Waals surface area (Å²) in [7, 11) is 0. The molecule has 0 saturated heterocycles. The van der Waals surface area contributed by atoms with E-state index in [-0.39, 0.29) is 77.6 Å². The summed E-state index contributed by atoms with van der Waals surface area (Å²) in [5.41, 5.74) is 1.68. The molecule has 0 bridgehead atoms. The van der Waals surface area contributed by atoms with E-state index in [2.05, 4.69) is 40.6 Å². The highest BCUT2D eigenvalue weighted by Crippen LogP contribution is 2.16. The Labute approximate surface area is 536 Å². The summed E-state index contributed by atoms with van der Waals surface area (Å²) < 4.78 is 29.3. The highest BCUT2D eigenvalue weighted by molar-refractivity contribution is 7.99. The molecule has 8 N–H and O–H groups in total. The number of carboxylic acids is 4. The number of hydrogen-bond acceptors (Lipinski definition) is 30. The molecule has 0 aliphatic carbocycles. The predicted octanol–water partition coefficient (Wildman–Crippen LogP) is 4.14. The van der Waals surface area contributed by atoms with Crippen molar-refractivity contribution in [1.29, 1.82) is 0 Å². The number of nitrogens with zero attached hydrogens (tertiary/aromatic N) is 4. The average Bonchev–Trinajstić information content (AvgIpc) is 2.51. The third-order valence-electron chi connectivity index (χ3n) is 10.2. The first kappa shape index (κ1) is 84.6. The Morgan fingerprint density at radius 2 is 0.670 bits per heavy atom. The van der Waals surface area contributed by atoms with Crippen LogP contribution >= 0.6 is 47.0 Å². The van der Waals surface area contributed by atoms with Crippen molar-refractivity contribution in [2.75, 3.05) is 114 Å². The highest BCUT2D eigenvalue weighted by Gasteiger charge is 2.24. The molecular formula is C49H74N8O30S4. The van der Waals surface area contributed by atoms with Crippen molar-refractivity contribution in [3.05, 3.63) is 100 Å². The lowest BCUT2D eigenvalue weighted by Crippen LogP contribution is -2.42. The van der Waals surface area contributed by atoms with E-state index < -0.39 is 92.8 Å². The second-order valence-corrected chi connectivity index (χ2v) is 20.9. The van der Waals surface area contributed by atoms with Crippen LogP contribution in [-0.2, 0) is 70.3 Å². The van der Waals surface area contributed by atoms with Crippen LogP contribution in [0.1, 0.15) is 43.2 Å². The zero-order valence-electron chi connectivity index (χ0n) is 49.6. The first-order chi connectivity index (χ1) is 43.3. The average molecular weight is 1380 g/mol. The minimum absolute atomic E-state index is 0.0142. The van der Waals surface area contributed by atoms with E-state index in [4.69, 9.17) is 48.8 Å². The van der Waals surface area contributed by atoms with Crippen LogP contribution in [-0.4, -0.2) is 227 Å². The predicted molar refractivity (Wildman–Crippen MR) is 323 cm³/mol. The Kier molecular flexibility index (Phi) is 50.6. The van der Waals surface area contributed by atoms with E-state index in [1.54, 1.807) is 36.4 Å². The van der Waals surface area contributed by atoms with Gasteiger partial charge in [0, 0.05) is 0 Å². The number of aryl methyl sites for hydroxylation is 1. The minimum Gasteiger partial charge on any atom is -0.480 e. The lowest BCUT2D eigenvalue weighted by Gasteiger charge is -2.14. The number of amides is 4. The van der Waals surface area contributed by atoms with Gasteiger partial charge < -0.3 is 89.5 Å². The van der Waals surface area contributed by atoms with Crippen LogP contribution < -0.4 is 30.7 Å². The molecule has 0 radical (unpaired) electrons. The van der Waals surface area contributed by atoms with Gasteiger partial charge in [0.05, 0.1) is 33.0 Å². The summed E-state index contributed by atoms with van der Waals surface area (Å²) in [6, 6.07) is 8.86. The van der Waals surface area contributed by atoms with Gasteiger partial charge in [0.15, 0.2) is 0 Å². The van der Waals surface area contributed by atoms with E-state index in [0.29, 0.717) is 68.0 Å². The number of benzene rings is 2. The minimum atomic E-state index is -1.13. The number of aliphatic carboxylic acids is 4. The maximum absolute atomic E-state index is 11.8.